The summed E-state index contributed by atoms with van der Waals surface area (Å²) >= 11 is 9.57. The van der Waals surface area contributed by atoms with Crippen LogP contribution in [0.2, 0.25) is 0 Å². The van der Waals surface area contributed by atoms with Gasteiger partial charge in [0.15, 0.2) is 0 Å². The Morgan fingerprint density at radius 3 is 1.62 bits per heavy atom. The minimum atomic E-state index is -0.541. The van der Waals surface area contributed by atoms with Crippen molar-refractivity contribution in [1.29, 1.82) is 0 Å². The Morgan fingerprint density at radius 1 is 1.25 bits per heavy atom. The van der Waals surface area contributed by atoms with Crippen LogP contribution < -0.4 is 0 Å². The van der Waals surface area contributed by atoms with Gasteiger partial charge in [0.2, 0.25) is 2.33 Å². The van der Waals surface area contributed by atoms with Crippen LogP contribution in [0, 0.1) is 0 Å². The van der Waals surface area contributed by atoms with E-state index < -0.39 is 2.33 Å². The summed E-state index contributed by atoms with van der Waals surface area (Å²) in [4.78, 5) is 0. The molecule has 0 aromatic heterocycles. The van der Waals surface area contributed by atoms with Crippen LogP contribution in [0.1, 0.15) is 13.8 Å². The Kier molecular flexibility index (Phi) is 4.16. The SMILES string of the molecule is CC(C)OC(Br)(Br)Br. The Labute approximate surface area is 74.6 Å². The van der Waals surface area contributed by atoms with E-state index in [0.29, 0.717) is 0 Å². The van der Waals surface area contributed by atoms with E-state index in [4.69, 9.17) is 4.74 Å². The number of hydrogen-bond acceptors (Lipinski definition) is 1. The van der Waals surface area contributed by atoms with Crippen molar-refractivity contribution in [2.75, 3.05) is 0 Å². The number of rotatable bonds is 1. The molecule has 4 heteroatoms. The van der Waals surface area contributed by atoms with Crippen LogP contribution in [0.4, 0.5) is 0 Å². The highest BCUT2D eigenvalue weighted by Crippen LogP contribution is 2.35. The smallest absolute Gasteiger partial charge is 0.234 e. The minimum absolute atomic E-state index is 0.202. The maximum Gasteiger partial charge on any atom is 0.234 e. The predicted molar refractivity (Wildman–Crippen MR) is 45.7 cm³/mol. The van der Waals surface area contributed by atoms with Crippen LogP contribution in [0.3, 0.4) is 0 Å². The molecule has 50 valence electrons. The van der Waals surface area contributed by atoms with Gasteiger partial charge in [0.05, 0.1) is 6.10 Å². The maximum atomic E-state index is 5.19. The van der Waals surface area contributed by atoms with Crippen molar-refractivity contribution in [2.45, 2.75) is 22.3 Å². The van der Waals surface area contributed by atoms with Crippen molar-refractivity contribution in [3.8, 4) is 0 Å². The van der Waals surface area contributed by atoms with E-state index in [-0.39, 0.29) is 6.10 Å². The standard InChI is InChI=1S/C4H7Br3O/c1-3(2)8-4(5,6)7/h3H,1-2H3. The zero-order chi connectivity index (χ0) is 6.78. The fourth-order valence-electron chi connectivity index (χ4n) is 0.267. The number of ether oxygens (including phenoxy) is 1. The highest BCUT2D eigenvalue weighted by atomic mass is 80.0. The summed E-state index contributed by atoms with van der Waals surface area (Å²) in [6, 6.07) is 0. The number of alkyl halides is 3. The van der Waals surface area contributed by atoms with Crippen molar-refractivity contribution in [3.05, 3.63) is 0 Å². The first-order valence-electron chi connectivity index (χ1n) is 2.16. The molecule has 0 aromatic rings. The van der Waals surface area contributed by atoms with Crippen LogP contribution in [0.15, 0.2) is 0 Å². The molecule has 0 rings (SSSR count). The first-order chi connectivity index (χ1) is 3.42. The third-order valence-electron chi connectivity index (χ3n) is 0.369. The summed E-state index contributed by atoms with van der Waals surface area (Å²) in [6.07, 6.45) is 0.202. The van der Waals surface area contributed by atoms with Gasteiger partial charge in [-0.1, -0.05) is 0 Å². The van der Waals surface area contributed by atoms with Gasteiger partial charge in [0, 0.05) is 0 Å². The van der Waals surface area contributed by atoms with Gasteiger partial charge in [0.25, 0.3) is 0 Å². The lowest BCUT2D eigenvalue weighted by Gasteiger charge is -2.15. The monoisotopic (exact) mass is 308 g/mol. The molecular formula is C4H7Br3O. The molecule has 0 aliphatic rings. The van der Waals surface area contributed by atoms with Gasteiger partial charge in [-0.15, -0.1) is 0 Å². The second kappa shape index (κ2) is 3.54. The Balaban J connectivity index is 3.39. The fraction of sp³-hybridized carbons (Fsp3) is 1.00. The van der Waals surface area contributed by atoms with E-state index in [0.717, 1.165) is 0 Å². The lowest BCUT2D eigenvalue weighted by molar-refractivity contribution is 0.0963. The molecule has 0 aromatic carbocycles. The molecule has 8 heavy (non-hydrogen) atoms. The van der Waals surface area contributed by atoms with Crippen molar-refractivity contribution in [2.24, 2.45) is 0 Å². The van der Waals surface area contributed by atoms with Crippen molar-refractivity contribution in [3.63, 3.8) is 0 Å². The van der Waals surface area contributed by atoms with E-state index in [9.17, 15) is 0 Å². The first kappa shape index (κ1) is 9.40. The second-order valence-electron chi connectivity index (χ2n) is 1.61. The summed E-state index contributed by atoms with van der Waals surface area (Å²) in [5.74, 6) is 0. The van der Waals surface area contributed by atoms with E-state index in [1.165, 1.54) is 0 Å². The van der Waals surface area contributed by atoms with Gasteiger partial charge in [0.1, 0.15) is 0 Å². The van der Waals surface area contributed by atoms with Crippen LogP contribution in [-0.4, -0.2) is 8.43 Å². The molecule has 1 nitrogen and oxygen atoms in total. The van der Waals surface area contributed by atoms with Gasteiger partial charge in [-0.2, -0.15) is 0 Å². The molecule has 0 unspecified atom stereocenters. The summed E-state index contributed by atoms with van der Waals surface area (Å²) in [5, 5.41) is 0. The third-order valence-corrected chi connectivity index (χ3v) is 0.930. The van der Waals surface area contributed by atoms with E-state index >= 15 is 0 Å². The van der Waals surface area contributed by atoms with Crippen LogP contribution in [-0.2, 0) is 4.74 Å². The summed E-state index contributed by atoms with van der Waals surface area (Å²) < 4.78 is 4.65. The van der Waals surface area contributed by atoms with Crippen LogP contribution >= 0.6 is 47.8 Å². The highest BCUT2D eigenvalue weighted by Gasteiger charge is 2.18. The second-order valence-corrected chi connectivity index (χ2v) is 8.15. The third kappa shape index (κ3) is 7.40. The molecule has 0 bridgehead atoms. The van der Waals surface area contributed by atoms with Gasteiger partial charge >= 0.3 is 0 Å². The molecule has 0 fully saturated rings. The maximum absolute atomic E-state index is 5.19. The Morgan fingerprint density at radius 2 is 1.62 bits per heavy atom. The first-order valence-corrected chi connectivity index (χ1v) is 4.54. The molecule has 0 spiro atoms. The van der Waals surface area contributed by atoms with Crippen LogP contribution in [0.5, 0.6) is 0 Å². The summed E-state index contributed by atoms with van der Waals surface area (Å²) in [5.41, 5.74) is 0. The lowest BCUT2D eigenvalue weighted by atomic mass is 10.5. The van der Waals surface area contributed by atoms with Crippen LogP contribution in [0.25, 0.3) is 0 Å². The van der Waals surface area contributed by atoms with E-state index in [1.54, 1.807) is 0 Å². The fourth-order valence-corrected chi connectivity index (χ4v) is 1.39. The molecule has 0 saturated carbocycles. The molecule has 0 heterocycles. The molecule has 0 N–H and O–H groups in total. The van der Waals surface area contributed by atoms with E-state index in [2.05, 4.69) is 47.8 Å². The summed E-state index contributed by atoms with van der Waals surface area (Å²) in [7, 11) is 0. The molecule has 0 radical (unpaired) electrons. The van der Waals surface area contributed by atoms with Gasteiger partial charge < -0.3 is 4.74 Å². The van der Waals surface area contributed by atoms with Crippen molar-refractivity contribution in [1.82, 2.24) is 0 Å². The molecule has 0 aliphatic heterocycles. The Hall–Kier alpha value is 1.40. The minimum Gasteiger partial charge on any atom is -0.342 e. The van der Waals surface area contributed by atoms with Gasteiger partial charge in [-0.25, -0.2) is 0 Å². The molecule has 0 saturated heterocycles. The topological polar surface area (TPSA) is 9.23 Å². The lowest BCUT2D eigenvalue weighted by Crippen LogP contribution is -2.13. The van der Waals surface area contributed by atoms with Gasteiger partial charge in [-0.3, -0.25) is 0 Å². The summed E-state index contributed by atoms with van der Waals surface area (Å²) in [6.45, 7) is 3.91. The van der Waals surface area contributed by atoms with Crippen molar-refractivity contribution >= 4 is 47.8 Å². The molecule has 0 atom stereocenters. The zero-order valence-electron chi connectivity index (χ0n) is 4.62. The highest BCUT2D eigenvalue weighted by molar-refractivity contribution is 9.39. The predicted octanol–water partition coefficient (Wildman–Crippen LogP) is 3.21. The van der Waals surface area contributed by atoms with Gasteiger partial charge in [-0.05, 0) is 61.6 Å². The number of hydrogen-bond donors (Lipinski definition) is 0. The number of halogens is 3. The molecule has 0 aliphatic carbocycles. The van der Waals surface area contributed by atoms with Crippen molar-refractivity contribution < 1.29 is 4.74 Å². The average molecular weight is 311 g/mol. The zero-order valence-corrected chi connectivity index (χ0v) is 9.38. The largest absolute Gasteiger partial charge is 0.342 e. The molecular weight excluding hydrogens is 304 g/mol. The molecule has 0 amide bonds. The Bertz CT molecular complexity index is 66.2. The average Bonchev–Trinajstić information content (AvgIpc) is 1.21. The quantitative estimate of drug-likeness (QED) is 0.676. The van der Waals surface area contributed by atoms with E-state index in [1.807, 2.05) is 13.8 Å². The normalized spacial score (nSPS) is 12.8.